The number of aliphatic hydroxyl groups excluding tert-OH is 1. The Morgan fingerprint density at radius 3 is 2.93 bits per heavy atom. The van der Waals surface area contributed by atoms with Gasteiger partial charge in [0.2, 0.25) is 5.91 Å². The molecular weight excluding hydrogens is 180 g/mol. The van der Waals surface area contributed by atoms with E-state index in [1.54, 1.807) is 0 Å². The first-order chi connectivity index (χ1) is 6.58. The number of nitrogens with one attached hydrogen (secondary N) is 1. The highest BCUT2D eigenvalue weighted by atomic mass is 16.3. The maximum atomic E-state index is 10.7. The Kier molecular flexibility index (Phi) is 3.89. The highest BCUT2D eigenvalue weighted by Crippen LogP contribution is 2.31. The molecule has 1 aliphatic carbocycles. The quantitative estimate of drug-likeness (QED) is 0.598. The van der Waals surface area contributed by atoms with Gasteiger partial charge in [-0.3, -0.25) is 4.79 Å². The van der Waals surface area contributed by atoms with E-state index in [0.29, 0.717) is 5.92 Å². The lowest BCUT2D eigenvalue weighted by atomic mass is 9.77. The number of hydrogen-bond donors (Lipinski definition) is 3. The topological polar surface area (TPSA) is 75.3 Å². The molecule has 1 aliphatic rings. The van der Waals surface area contributed by atoms with Gasteiger partial charge >= 0.3 is 0 Å². The van der Waals surface area contributed by atoms with Gasteiger partial charge in [-0.25, -0.2) is 0 Å². The third kappa shape index (κ3) is 2.96. The molecule has 1 rings (SSSR count). The molecule has 1 fully saturated rings. The minimum atomic E-state index is -0.365. The summed E-state index contributed by atoms with van der Waals surface area (Å²) in [6.45, 7) is 2.42. The third-order valence-electron chi connectivity index (χ3n) is 3.03. The second-order valence-corrected chi connectivity index (χ2v) is 4.46. The molecule has 0 heterocycles. The summed E-state index contributed by atoms with van der Waals surface area (Å²) in [6.07, 6.45) is 4.17. The van der Waals surface area contributed by atoms with Crippen LogP contribution in [0.4, 0.5) is 0 Å². The maximum absolute atomic E-state index is 10.7. The van der Waals surface area contributed by atoms with Gasteiger partial charge in [0.25, 0.3) is 0 Å². The molecule has 4 nitrogen and oxygen atoms in total. The number of rotatable bonds is 4. The van der Waals surface area contributed by atoms with E-state index in [2.05, 4.69) is 12.2 Å². The number of amides is 1. The zero-order valence-corrected chi connectivity index (χ0v) is 8.75. The van der Waals surface area contributed by atoms with E-state index in [9.17, 15) is 9.90 Å². The van der Waals surface area contributed by atoms with Crippen LogP contribution in [0.5, 0.6) is 0 Å². The Balaban J connectivity index is 2.51. The van der Waals surface area contributed by atoms with Crippen molar-refractivity contribution in [2.45, 2.75) is 38.1 Å². The molecule has 0 aromatic heterocycles. The Bertz CT molecular complexity index is 208. The van der Waals surface area contributed by atoms with Crippen molar-refractivity contribution in [3.8, 4) is 0 Å². The van der Waals surface area contributed by atoms with Crippen molar-refractivity contribution in [1.29, 1.82) is 0 Å². The molecule has 1 saturated carbocycles. The van der Waals surface area contributed by atoms with Gasteiger partial charge in [0.15, 0.2) is 0 Å². The molecule has 4 N–H and O–H groups in total. The standard InChI is InChI=1S/C10H20N2O2/c1-8-3-2-4-10(5-8,7-13)12-6-9(11)14/h8,12-13H,2-7H2,1H3,(H2,11,14). The first-order valence-corrected chi connectivity index (χ1v) is 5.22. The molecule has 1 amide bonds. The minimum absolute atomic E-state index is 0.0879. The van der Waals surface area contributed by atoms with Gasteiger partial charge in [-0.2, -0.15) is 0 Å². The average Bonchev–Trinajstić information content (AvgIpc) is 2.15. The van der Waals surface area contributed by atoms with E-state index in [1.165, 1.54) is 6.42 Å². The second kappa shape index (κ2) is 4.75. The van der Waals surface area contributed by atoms with E-state index in [1.807, 2.05) is 0 Å². The highest BCUT2D eigenvalue weighted by molar-refractivity contribution is 5.76. The van der Waals surface area contributed by atoms with Crippen LogP contribution < -0.4 is 11.1 Å². The largest absolute Gasteiger partial charge is 0.394 e. The highest BCUT2D eigenvalue weighted by Gasteiger charge is 2.33. The molecule has 0 aromatic carbocycles. The molecule has 2 unspecified atom stereocenters. The van der Waals surface area contributed by atoms with Gasteiger partial charge in [0.05, 0.1) is 13.2 Å². The van der Waals surface area contributed by atoms with Gasteiger partial charge in [0.1, 0.15) is 0 Å². The van der Waals surface area contributed by atoms with E-state index >= 15 is 0 Å². The molecular formula is C10H20N2O2. The first-order valence-electron chi connectivity index (χ1n) is 5.22. The monoisotopic (exact) mass is 200 g/mol. The van der Waals surface area contributed by atoms with Gasteiger partial charge in [-0.1, -0.05) is 19.8 Å². The van der Waals surface area contributed by atoms with Crippen molar-refractivity contribution >= 4 is 5.91 Å². The smallest absolute Gasteiger partial charge is 0.231 e. The summed E-state index contributed by atoms with van der Waals surface area (Å²) in [5.74, 6) is 0.243. The van der Waals surface area contributed by atoms with E-state index in [-0.39, 0.29) is 24.6 Å². The summed E-state index contributed by atoms with van der Waals surface area (Å²) >= 11 is 0. The Hall–Kier alpha value is -0.610. The molecule has 82 valence electrons. The van der Waals surface area contributed by atoms with Crippen molar-refractivity contribution < 1.29 is 9.90 Å². The molecule has 0 spiro atoms. The van der Waals surface area contributed by atoms with E-state index in [4.69, 9.17) is 5.73 Å². The van der Waals surface area contributed by atoms with Gasteiger partial charge in [0, 0.05) is 5.54 Å². The van der Waals surface area contributed by atoms with Crippen molar-refractivity contribution in [1.82, 2.24) is 5.32 Å². The van der Waals surface area contributed by atoms with Crippen molar-refractivity contribution in [2.75, 3.05) is 13.2 Å². The van der Waals surface area contributed by atoms with Crippen LogP contribution in [-0.2, 0) is 4.79 Å². The van der Waals surface area contributed by atoms with Crippen molar-refractivity contribution in [2.24, 2.45) is 11.7 Å². The molecule has 0 aliphatic heterocycles. The number of aliphatic hydroxyl groups is 1. The lowest BCUT2D eigenvalue weighted by Crippen LogP contribution is -2.53. The Morgan fingerprint density at radius 1 is 1.71 bits per heavy atom. The number of primary amides is 1. The van der Waals surface area contributed by atoms with Crippen molar-refractivity contribution in [3.63, 3.8) is 0 Å². The summed E-state index contributed by atoms with van der Waals surface area (Å²) in [5, 5.41) is 12.4. The summed E-state index contributed by atoms with van der Waals surface area (Å²) in [6, 6.07) is 0. The third-order valence-corrected chi connectivity index (χ3v) is 3.03. The SMILES string of the molecule is CC1CCCC(CO)(NCC(N)=O)C1. The zero-order valence-electron chi connectivity index (χ0n) is 8.75. The van der Waals surface area contributed by atoms with Crippen LogP contribution in [0.15, 0.2) is 0 Å². The summed E-state index contributed by atoms with van der Waals surface area (Å²) < 4.78 is 0. The molecule has 14 heavy (non-hydrogen) atoms. The number of hydrogen-bond acceptors (Lipinski definition) is 3. The fourth-order valence-corrected chi connectivity index (χ4v) is 2.29. The minimum Gasteiger partial charge on any atom is -0.394 e. The van der Waals surface area contributed by atoms with Crippen LogP contribution in [0.2, 0.25) is 0 Å². The zero-order chi connectivity index (χ0) is 10.6. The van der Waals surface area contributed by atoms with Gasteiger partial charge < -0.3 is 16.2 Å². The second-order valence-electron chi connectivity index (χ2n) is 4.46. The molecule has 0 saturated heterocycles. The van der Waals surface area contributed by atoms with Crippen LogP contribution in [0.25, 0.3) is 0 Å². The normalized spacial score (nSPS) is 32.9. The summed E-state index contributed by atoms with van der Waals surface area (Å²) in [7, 11) is 0. The van der Waals surface area contributed by atoms with Crippen LogP contribution in [0.3, 0.4) is 0 Å². The lowest BCUT2D eigenvalue weighted by molar-refractivity contribution is -0.117. The average molecular weight is 200 g/mol. The lowest BCUT2D eigenvalue weighted by Gasteiger charge is -2.39. The number of carbonyl (C=O) groups is 1. The fourth-order valence-electron chi connectivity index (χ4n) is 2.29. The predicted octanol–water partition coefficient (Wildman–Crippen LogP) is 0.00250. The molecule has 0 bridgehead atoms. The van der Waals surface area contributed by atoms with Crippen molar-refractivity contribution in [3.05, 3.63) is 0 Å². The maximum Gasteiger partial charge on any atom is 0.231 e. The fraction of sp³-hybridized carbons (Fsp3) is 0.900. The first kappa shape index (κ1) is 11.5. The summed E-state index contributed by atoms with van der Waals surface area (Å²) in [4.78, 5) is 10.7. The molecule has 0 aromatic rings. The van der Waals surface area contributed by atoms with Crippen LogP contribution in [0.1, 0.15) is 32.6 Å². The number of nitrogens with two attached hydrogens (primary N) is 1. The Labute approximate surface area is 84.9 Å². The van der Waals surface area contributed by atoms with E-state index in [0.717, 1.165) is 19.3 Å². The Morgan fingerprint density at radius 2 is 2.43 bits per heavy atom. The summed E-state index contributed by atoms with van der Waals surface area (Å²) in [5.41, 5.74) is 4.80. The number of carbonyl (C=O) groups excluding carboxylic acids is 1. The van der Waals surface area contributed by atoms with Gasteiger partial charge in [-0.05, 0) is 18.8 Å². The van der Waals surface area contributed by atoms with Gasteiger partial charge in [-0.15, -0.1) is 0 Å². The van der Waals surface area contributed by atoms with Crippen LogP contribution in [0, 0.1) is 5.92 Å². The molecule has 0 radical (unpaired) electrons. The van der Waals surface area contributed by atoms with Crippen LogP contribution in [-0.4, -0.2) is 29.7 Å². The van der Waals surface area contributed by atoms with E-state index < -0.39 is 0 Å². The molecule has 4 heteroatoms. The molecule has 2 atom stereocenters. The van der Waals surface area contributed by atoms with Crippen LogP contribution >= 0.6 is 0 Å². The predicted molar refractivity (Wildman–Crippen MR) is 54.6 cm³/mol.